The van der Waals surface area contributed by atoms with Gasteiger partial charge in [0, 0.05) is 64.7 Å². The second-order valence-corrected chi connectivity index (χ2v) is 12.8. The Bertz CT molecular complexity index is 480. The number of esters is 1. The third kappa shape index (κ3) is 10.7. The molecule has 0 aliphatic carbocycles. The largest absolute Gasteiger partial charge is 0.500 e. The van der Waals surface area contributed by atoms with Gasteiger partial charge in [-0.05, 0) is 54.4 Å². The Morgan fingerprint density at radius 1 is 0.719 bits per heavy atom. The molecular weight excluding hydrogens is 450 g/mol. The van der Waals surface area contributed by atoms with E-state index in [0.29, 0.717) is 58.5 Å². The molecule has 11 heteroatoms. The maximum absolute atomic E-state index is 12.3. The normalized spacial score (nSPS) is 18.7. The van der Waals surface area contributed by atoms with Crippen LogP contribution in [0.5, 0.6) is 0 Å². The molecule has 32 heavy (non-hydrogen) atoms. The van der Waals surface area contributed by atoms with Crippen LogP contribution < -0.4 is 0 Å². The van der Waals surface area contributed by atoms with E-state index in [-0.39, 0.29) is 12.2 Å². The molecule has 0 amide bonds. The Balaban J connectivity index is 2.35. The van der Waals surface area contributed by atoms with Crippen LogP contribution >= 0.6 is 0 Å². The Morgan fingerprint density at radius 3 is 1.53 bits per heavy atom. The zero-order valence-corrected chi connectivity index (χ0v) is 23.0. The van der Waals surface area contributed by atoms with E-state index in [4.69, 9.17) is 31.3 Å². The van der Waals surface area contributed by atoms with Crippen LogP contribution in [-0.2, 0) is 36.1 Å². The van der Waals surface area contributed by atoms with Crippen molar-refractivity contribution in [3.8, 4) is 0 Å². The van der Waals surface area contributed by atoms with Crippen LogP contribution in [0.15, 0.2) is 0 Å². The van der Waals surface area contributed by atoms with E-state index in [2.05, 4.69) is 4.90 Å². The molecule has 0 radical (unpaired) electrons. The van der Waals surface area contributed by atoms with E-state index in [1.54, 1.807) is 0 Å². The highest BCUT2D eigenvalue weighted by molar-refractivity contribution is 6.61. The second kappa shape index (κ2) is 16.3. The summed E-state index contributed by atoms with van der Waals surface area (Å²) >= 11 is 0. The molecule has 0 aromatic rings. The first-order valence-corrected chi connectivity index (χ1v) is 16.1. The number of hydrogen-bond donors (Lipinski definition) is 0. The molecule has 9 nitrogen and oxygen atoms in total. The molecule has 0 N–H and O–H groups in total. The van der Waals surface area contributed by atoms with Crippen LogP contribution in [0.4, 0.5) is 0 Å². The number of hydrogen-bond acceptors (Lipinski definition) is 9. The van der Waals surface area contributed by atoms with Crippen molar-refractivity contribution in [2.75, 3.05) is 52.7 Å². The summed E-state index contributed by atoms with van der Waals surface area (Å²) in [7, 11) is -5.32. The molecule has 0 aromatic carbocycles. The van der Waals surface area contributed by atoms with Crippen molar-refractivity contribution in [1.82, 2.24) is 4.90 Å². The van der Waals surface area contributed by atoms with Gasteiger partial charge in [0.2, 0.25) is 0 Å². The summed E-state index contributed by atoms with van der Waals surface area (Å²) in [5, 5.41) is 0. The summed E-state index contributed by atoms with van der Waals surface area (Å²) in [4.78, 5) is 14.4. The monoisotopic (exact) mass is 495 g/mol. The number of carbonyl (C=O) groups is 1. The van der Waals surface area contributed by atoms with E-state index in [9.17, 15) is 4.79 Å². The van der Waals surface area contributed by atoms with Crippen molar-refractivity contribution < 1.29 is 36.1 Å². The fraction of sp³-hybridized carbons (Fsp3) is 0.952. The van der Waals surface area contributed by atoms with E-state index in [1.165, 1.54) is 0 Å². The highest BCUT2D eigenvalue weighted by Gasteiger charge is 2.43. The molecule has 0 saturated carbocycles. The third-order valence-corrected chi connectivity index (χ3v) is 11.2. The summed E-state index contributed by atoms with van der Waals surface area (Å²) in [6.45, 7) is 16.6. The van der Waals surface area contributed by atoms with Crippen LogP contribution in [0.25, 0.3) is 0 Å². The lowest BCUT2D eigenvalue weighted by atomic mass is 10.3. The quantitative estimate of drug-likeness (QED) is 0.135. The van der Waals surface area contributed by atoms with Crippen molar-refractivity contribution in [2.24, 2.45) is 0 Å². The minimum Gasteiger partial charge on any atom is -0.445 e. The molecule has 1 aliphatic heterocycles. The van der Waals surface area contributed by atoms with Crippen LogP contribution in [0.2, 0.25) is 12.1 Å². The number of carbonyl (C=O) groups excluding carboxylic acids is 1. The molecule has 2 atom stereocenters. The molecule has 0 spiro atoms. The molecule has 1 heterocycles. The average molecular weight is 496 g/mol. The SMILES string of the molecule is CCO[Si](CCCC(=O)OC1CN1CCC[Si](OCC)(OCC)OCC)(OCC)OCC. The van der Waals surface area contributed by atoms with Crippen LogP contribution in [-0.4, -0.2) is 87.4 Å². The Labute approximate surface area is 196 Å². The zero-order chi connectivity index (χ0) is 23.9. The zero-order valence-electron chi connectivity index (χ0n) is 21.0. The van der Waals surface area contributed by atoms with Crippen molar-refractivity contribution in [1.29, 1.82) is 0 Å². The van der Waals surface area contributed by atoms with Gasteiger partial charge in [-0.25, -0.2) is 0 Å². The Hall–Kier alpha value is -0.376. The highest BCUT2D eigenvalue weighted by atomic mass is 28.4. The summed E-state index contributed by atoms with van der Waals surface area (Å²) in [5.74, 6) is -0.188. The minimum absolute atomic E-state index is 0.127. The molecule has 190 valence electrons. The van der Waals surface area contributed by atoms with Gasteiger partial charge in [-0.3, -0.25) is 9.69 Å². The standard InChI is InChI=1S/C21H45NO8Si2/c1-7-24-31(25-8-2,26-9-3)17-13-15-21(23)30-20-19-22(20)16-14-18-32(27-10-4,28-11-5)29-12-6/h20H,7-19H2,1-6H3. The maximum atomic E-state index is 12.3. The van der Waals surface area contributed by atoms with E-state index < -0.39 is 17.6 Å². The van der Waals surface area contributed by atoms with Gasteiger partial charge in [-0.15, -0.1) is 0 Å². The number of nitrogens with zero attached hydrogens (tertiary/aromatic N) is 1. The Kier molecular flexibility index (Phi) is 15.1. The maximum Gasteiger partial charge on any atom is 0.500 e. The fourth-order valence-electron chi connectivity index (χ4n) is 3.66. The molecule has 1 fully saturated rings. The molecule has 1 saturated heterocycles. The lowest BCUT2D eigenvalue weighted by Crippen LogP contribution is -2.46. The summed E-state index contributed by atoms with van der Waals surface area (Å²) in [5.41, 5.74) is 0. The van der Waals surface area contributed by atoms with Crippen LogP contribution in [0, 0.1) is 0 Å². The molecule has 0 aromatic heterocycles. The van der Waals surface area contributed by atoms with Crippen molar-refractivity contribution in [3.05, 3.63) is 0 Å². The van der Waals surface area contributed by atoms with Crippen LogP contribution in [0.3, 0.4) is 0 Å². The third-order valence-electron chi connectivity index (χ3n) is 4.91. The first kappa shape index (κ1) is 29.7. The molecule has 1 aliphatic rings. The highest BCUT2D eigenvalue weighted by Crippen LogP contribution is 2.25. The average Bonchev–Trinajstić information content (AvgIpc) is 3.46. The lowest BCUT2D eigenvalue weighted by Gasteiger charge is -2.28. The molecule has 0 bridgehead atoms. The predicted octanol–water partition coefficient (Wildman–Crippen LogP) is 3.44. The summed E-state index contributed by atoms with van der Waals surface area (Å²) in [6.07, 6.45) is 1.72. The molecule has 1 rings (SSSR count). The van der Waals surface area contributed by atoms with Crippen molar-refractivity contribution in [3.63, 3.8) is 0 Å². The first-order chi connectivity index (χ1) is 15.4. The van der Waals surface area contributed by atoms with Gasteiger partial charge >= 0.3 is 23.6 Å². The first-order valence-electron chi connectivity index (χ1n) is 12.2. The van der Waals surface area contributed by atoms with Crippen molar-refractivity contribution in [2.45, 2.75) is 79.1 Å². The van der Waals surface area contributed by atoms with Gasteiger partial charge < -0.3 is 31.3 Å². The fourth-order valence-corrected chi connectivity index (χ4v) is 8.87. The van der Waals surface area contributed by atoms with Gasteiger partial charge in [-0.2, -0.15) is 0 Å². The van der Waals surface area contributed by atoms with Gasteiger partial charge in [0.1, 0.15) is 0 Å². The Morgan fingerprint density at radius 2 is 1.12 bits per heavy atom. The summed E-state index contributed by atoms with van der Waals surface area (Å²) < 4.78 is 40.8. The predicted molar refractivity (Wildman–Crippen MR) is 126 cm³/mol. The lowest BCUT2D eigenvalue weighted by molar-refractivity contribution is -0.146. The van der Waals surface area contributed by atoms with Gasteiger partial charge in [0.25, 0.3) is 0 Å². The van der Waals surface area contributed by atoms with Gasteiger partial charge in [-0.1, -0.05) is 0 Å². The van der Waals surface area contributed by atoms with E-state index >= 15 is 0 Å². The minimum atomic E-state index is -2.71. The molecule has 2 unspecified atom stereocenters. The number of ether oxygens (including phenoxy) is 1. The van der Waals surface area contributed by atoms with Crippen LogP contribution in [0.1, 0.15) is 60.8 Å². The summed E-state index contributed by atoms with van der Waals surface area (Å²) in [6, 6.07) is 1.38. The molecular formula is C21H45NO8Si2. The van der Waals surface area contributed by atoms with Gasteiger partial charge in [0.05, 0.1) is 6.54 Å². The van der Waals surface area contributed by atoms with E-state index in [1.807, 2.05) is 41.5 Å². The van der Waals surface area contributed by atoms with Gasteiger partial charge in [0.15, 0.2) is 6.23 Å². The number of rotatable bonds is 21. The van der Waals surface area contributed by atoms with Crippen molar-refractivity contribution >= 4 is 23.6 Å². The second-order valence-electron chi connectivity index (χ2n) is 7.36. The smallest absolute Gasteiger partial charge is 0.445 e. The van der Waals surface area contributed by atoms with E-state index in [0.717, 1.165) is 25.6 Å². The topological polar surface area (TPSA) is 84.7 Å².